The molecule has 0 aliphatic heterocycles. The maximum Gasteiger partial charge on any atom is 0.0665 e. The van der Waals surface area contributed by atoms with Gasteiger partial charge in [0.15, 0.2) is 0 Å². The third kappa shape index (κ3) is 1.31. The smallest absolute Gasteiger partial charge is 0.0665 e. The van der Waals surface area contributed by atoms with Crippen LogP contribution in [0.3, 0.4) is 0 Å². The highest BCUT2D eigenvalue weighted by molar-refractivity contribution is 5.86. The monoisotopic (exact) mass is 232 g/mol. The van der Waals surface area contributed by atoms with Crippen molar-refractivity contribution >= 4 is 16.3 Å². The lowest BCUT2D eigenvalue weighted by atomic mass is 9.99. The number of aromatic nitrogens is 1. The van der Waals surface area contributed by atoms with Crippen LogP contribution < -0.4 is 0 Å². The second kappa shape index (κ2) is 3.43. The summed E-state index contributed by atoms with van der Waals surface area (Å²) >= 11 is 0. The minimum Gasteiger partial charge on any atom is -0.264 e. The summed E-state index contributed by atoms with van der Waals surface area (Å²) in [5, 5.41) is 11.3. The first kappa shape index (κ1) is 9.85. The fourth-order valence-corrected chi connectivity index (χ4v) is 3.13. The lowest BCUT2D eigenvalue weighted by Gasteiger charge is -2.06. The van der Waals surface area contributed by atoms with Crippen LogP contribution in [0.15, 0.2) is 42.7 Å². The van der Waals surface area contributed by atoms with Crippen LogP contribution in [0.4, 0.5) is 0 Å². The van der Waals surface area contributed by atoms with Crippen molar-refractivity contribution in [2.24, 2.45) is 17.8 Å². The Labute approximate surface area is 106 Å². The summed E-state index contributed by atoms with van der Waals surface area (Å²) in [6, 6.07) is 11.0. The van der Waals surface area contributed by atoms with Crippen LogP contribution >= 0.6 is 0 Å². The zero-order chi connectivity index (χ0) is 12.1. The van der Waals surface area contributed by atoms with Crippen molar-refractivity contribution in [3.05, 3.63) is 48.3 Å². The first-order chi connectivity index (χ1) is 8.86. The number of hydrogen-bond donors (Lipinski definition) is 0. The van der Waals surface area contributed by atoms with Gasteiger partial charge in [-0.15, -0.1) is 0 Å². The van der Waals surface area contributed by atoms with E-state index in [4.69, 9.17) is 5.26 Å². The van der Waals surface area contributed by atoms with Crippen LogP contribution in [0.2, 0.25) is 0 Å². The van der Waals surface area contributed by atoms with E-state index in [9.17, 15) is 0 Å². The Morgan fingerprint density at radius 3 is 2.94 bits per heavy atom. The Hall–Kier alpha value is -2.14. The molecule has 1 heterocycles. The molecule has 2 aliphatic rings. The van der Waals surface area contributed by atoms with Gasteiger partial charge in [-0.3, -0.25) is 4.98 Å². The molecule has 0 saturated heterocycles. The maximum absolute atomic E-state index is 8.92. The molecule has 0 N–H and O–H groups in total. The Balaban J connectivity index is 1.73. The predicted molar refractivity (Wildman–Crippen MR) is 70.4 cm³/mol. The van der Waals surface area contributed by atoms with Gasteiger partial charge in [0.2, 0.25) is 0 Å². The fourth-order valence-electron chi connectivity index (χ4n) is 3.13. The Morgan fingerprint density at radius 1 is 1.22 bits per heavy atom. The molecule has 1 aromatic carbocycles. The van der Waals surface area contributed by atoms with E-state index in [0.29, 0.717) is 11.8 Å². The molecule has 1 aromatic heterocycles. The van der Waals surface area contributed by atoms with E-state index in [2.05, 4.69) is 35.3 Å². The number of rotatable bonds is 1. The first-order valence-corrected chi connectivity index (χ1v) is 6.31. The van der Waals surface area contributed by atoms with Crippen LogP contribution in [0.25, 0.3) is 16.3 Å². The van der Waals surface area contributed by atoms with Gasteiger partial charge in [-0.1, -0.05) is 18.2 Å². The fraction of sp³-hybridized carbons (Fsp3) is 0.250. The molecule has 2 aliphatic carbocycles. The molecule has 2 heteroatoms. The number of nitrogens with zero attached hydrogens (tertiary/aromatic N) is 2. The van der Waals surface area contributed by atoms with Crippen molar-refractivity contribution in [3.8, 4) is 6.07 Å². The van der Waals surface area contributed by atoms with Gasteiger partial charge in [0.05, 0.1) is 12.0 Å². The lowest BCUT2D eigenvalue weighted by molar-refractivity contribution is 0.829. The summed E-state index contributed by atoms with van der Waals surface area (Å²) in [7, 11) is 0. The van der Waals surface area contributed by atoms with E-state index < -0.39 is 0 Å². The minimum atomic E-state index is 0.288. The van der Waals surface area contributed by atoms with Crippen molar-refractivity contribution in [2.75, 3.05) is 0 Å². The number of fused-ring (bicyclic) bond motifs is 2. The molecule has 2 aromatic rings. The maximum atomic E-state index is 8.92. The molecular formula is C16H12N2. The summed E-state index contributed by atoms with van der Waals surface area (Å²) in [4.78, 5) is 4.17. The second-order valence-corrected chi connectivity index (χ2v) is 5.23. The first-order valence-electron chi connectivity index (χ1n) is 6.31. The van der Waals surface area contributed by atoms with Crippen molar-refractivity contribution in [2.45, 2.75) is 6.42 Å². The van der Waals surface area contributed by atoms with Crippen molar-refractivity contribution in [3.63, 3.8) is 0 Å². The number of benzene rings is 1. The molecule has 18 heavy (non-hydrogen) atoms. The van der Waals surface area contributed by atoms with E-state index in [1.165, 1.54) is 21.9 Å². The minimum absolute atomic E-state index is 0.288. The lowest BCUT2D eigenvalue weighted by Crippen LogP contribution is -1.88. The predicted octanol–water partition coefficient (Wildman–Crippen LogP) is 3.41. The van der Waals surface area contributed by atoms with Crippen LogP contribution in [0, 0.1) is 29.1 Å². The third-order valence-electron chi connectivity index (χ3n) is 4.24. The molecule has 1 saturated carbocycles. The summed E-state index contributed by atoms with van der Waals surface area (Å²) < 4.78 is 0. The normalized spacial score (nSPS) is 28.6. The zero-order valence-corrected chi connectivity index (χ0v) is 9.88. The second-order valence-electron chi connectivity index (χ2n) is 5.23. The van der Waals surface area contributed by atoms with Crippen LogP contribution in [-0.2, 0) is 0 Å². The Kier molecular flexibility index (Phi) is 1.87. The van der Waals surface area contributed by atoms with Crippen LogP contribution in [0.5, 0.6) is 0 Å². The zero-order valence-electron chi connectivity index (χ0n) is 9.88. The third-order valence-corrected chi connectivity index (χ3v) is 4.24. The van der Waals surface area contributed by atoms with Crippen LogP contribution in [-0.4, -0.2) is 4.98 Å². The molecule has 0 amide bonds. The number of pyridine rings is 1. The van der Waals surface area contributed by atoms with Gasteiger partial charge in [0.25, 0.3) is 0 Å². The molecule has 1 fully saturated rings. The topological polar surface area (TPSA) is 36.7 Å². The summed E-state index contributed by atoms with van der Waals surface area (Å²) in [6.07, 6.45) is 7.10. The summed E-state index contributed by atoms with van der Waals surface area (Å²) in [6.45, 7) is 0. The van der Waals surface area contributed by atoms with E-state index in [1.54, 1.807) is 0 Å². The standard InChI is InChI=1S/C16H12N2/c17-8-16-14-6-12(7-15(14)16)11-2-1-10-3-4-18-9-13(10)5-11/h1-6,9,14-16H,7H2. The van der Waals surface area contributed by atoms with Crippen molar-refractivity contribution in [1.29, 1.82) is 5.26 Å². The highest BCUT2D eigenvalue weighted by atomic mass is 14.6. The van der Waals surface area contributed by atoms with Crippen molar-refractivity contribution < 1.29 is 0 Å². The largest absolute Gasteiger partial charge is 0.264 e. The number of hydrogen-bond acceptors (Lipinski definition) is 2. The summed E-state index contributed by atoms with van der Waals surface area (Å²) in [5.41, 5.74) is 2.70. The van der Waals surface area contributed by atoms with E-state index in [0.717, 1.165) is 6.42 Å². The molecule has 0 spiro atoms. The van der Waals surface area contributed by atoms with Crippen molar-refractivity contribution in [1.82, 2.24) is 4.98 Å². The average Bonchev–Trinajstić information content (AvgIpc) is 2.90. The van der Waals surface area contributed by atoms with Gasteiger partial charge in [0.1, 0.15) is 0 Å². The molecule has 0 bridgehead atoms. The summed E-state index contributed by atoms with van der Waals surface area (Å²) in [5.74, 6) is 1.40. The van der Waals surface area contributed by atoms with Gasteiger partial charge in [0, 0.05) is 17.8 Å². The molecule has 4 rings (SSSR count). The van der Waals surface area contributed by atoms with Gasteiger partial charge < -0.3 is 0 Å². The van der Waals surface area contributed by atoms with E-state index in [-0.39, 0.29) is 5.92 Å². The molecule has 3 unspecified atom stereocenters. The molecule has 86 valence electrons. The quantitative estimate of drug-likeness (QED) is 0.755. The van der Waals surface area contributed by atoms with E-state index >= 15 is 0 Å². The van der Waals surface area contributed by atoms with Gasteiger partial charge in [-0.05, 0) is 46.9 Å². The highest BCUT2D eigenvalue weighted by Gasteiger charge is 2.52. The average molecular weight is 232 g/mol. The number of allylic oxidation sites excluding steroid dienone is 2. The molecular weight excluding hydrogens is 220 g/mol. The Morgan fingerprint density at radius 2 is 2.17 bits per heavy atom. The van der Waals surface area contributed by atoms with Gasteiger partial charge in [-0.2, -0.15) is 5.26 Å². The van der Waals surface area contributed by atoms with Crippen LogP contribution in [0.1, 0.15) is 12.0 Å². The SMILES string of the molecule is N#CC1C2C=C(c3ccc4ccncc4c3)CC12. The molecule has 2 nitrogen and oxygen atoms in total. The van der Waals surface area contributed by atoms with E-state index in [1.807, 2.05) is 18.5 Å². The Bertz CT molecular complexity index is 708. The highest BCUT2D eigenvalue weighted by Crippen LogP contribution is 2.57. The molecule has 3 atom stereocenters. The van der Waals surface area contributed by atoms with Gasteiger partial charge >= 0.3 is 0 Å². The van der Waals surface area contributed by atoms with Gasteiger partial charge in [-0.25, -0.2) is 0 Å². The molecule has 0 radical (unpaired) electrons. The number of nitriles is 1.